The van der Waals surface area contributed by atoms with Gasteiger partial charge in [-0.2, -0.15) is 0 Å². The maximum atomic E-state index is 13.9. The summed E-state index contributed by atoms with van der Waals surface area (Å²) in [5.41, 5.74) is 2.98. The molecule has 2 fully saturated rings. The predicted octanol–water partition coefficient (Wildman–Crippen LogP) is 1.91. The normalized spacial score (nSPS) is 20.5. The molecule has 2 atom stereocenters. The molecule has 1 aliphatic heterocycles. The zero-order chi connectivity index (χ0) is 20.8. The van der Waals surface area contributed by atoms with Gasteiger partial charge >= 0.3 is 0 Å². The van der Waals surface area contributed by atoms with Gasteiger partial charge in [-0.25, -0.2) is 14.9 Å². The maximum Gasteiger partial charge on any atom is 0.248 e. The number of hydrazine groups is 1. The number of rotatable bonds is 8. The van der Waals surface area contributed by atoms with E-state index in [4.69, 9.17) is 0 Å². The molecule has 1 aromatic carbocycles. The minimum Gasteiger partial charge on any atom is -0.322 e. The van der Waals surface area contributed by atoms with E-state index in [0.717, 1.165) is 25.7 Å². The molecular weight excluding hydrogens is 379 g/mol. The molecule has 1 aliphatic carbocycles. The van der Waals surface area contributed by atoms with Crippen LogP contribution in [0.4, 0.5) is 10.1 Å². The van der Waals surface area contributed by atoms with Crippen LogP contribution >= 0.6 is 0 Å². The highest BCUT2D eigenvalue weighted by Crippen LogP contribution is 2.31. The Labute approximate surface area is 169 Å². The first-order chi connectivity index (χ1) is 14.0. The number of carbonyl (C=O) groups is 3. The molecule has 29 heavy (non-hydrogen) atoms. The molecule has 1 heterocycles. The predicted molar refractivity (Wildman–Crippen MR) is 103 cm³/mol. The summed E-state index contributed by atoms with van der Waals surface area (Å²) < 4.78 is 13.9. The Balaban J connectivity index is 1.70. The highest BCUT2D eigenvalue weighted by molar-refractivity contribution is 5.97. The number of hydrogen-bond acceptors (Lipinski definition) is 5. The molecule has 3 amide bonds. The fourth-order valence-electron chi connectivity index (χ4n) is 4.19. The lowest BCUT2D eigenvalue weighted by molar-refractivity contribution is -0.159. The molecule has 0 radical (unpaired) electrons. The van der Waals surface area contributed by atoms with E-state index in [-0.39, 0.29) is 24.5 Å². The molecule has 9 heteroatoms. The van der Waals surface area contributed by atoms with Gasteiger partial charge in [0.1, 0.15) is 11.9 Å². The summed E-state index contributed by atoms with van der Waals surface area (Å²) in [4.78, 5) is 36.7. The number of anilines is 1. The molecule has 0 spiro atoms. The van der Waals surface area contributed by atoms with Crippen molar-refractivity contribution in [1.29, 1.82) is 0 Å². The third-order valence-electron chi connectivity index (χ3n) is 5.65. The zero-order valence-corrected chi connectivity index (χ0v) is 16.2. The topological polar surface area (TPSA) is 102 Å². The first-order valence-electron chi connectivity index (χ1n) is 10.0. The van der Waals surface area contributed by atoms with Crippen molar-refractivity contribution in [3.63, 3.8) is 0 Å². The lowest BCUT2D eigenvalue weighted by Gasteiger charge is -2.30. The third kappa shape index (κ3) is 5.30. The number of nitrogens with one attached hydrogen (secondary N) is 2. The van der Waals surface area contributed by atoms with Crippen molar-refractivity contribution in [1.82, 2.24) is 15.5 Å². The summed E-state index contributed by atoms with van der Waals surface area (Å²) in [6, 6.07) is 5.05. The van der Waals surface area contributed by atoms with Crippen LogP contribution in [0.5, 0.6) is 0 Å². The van der Waals surface area contributed by atoms with E-state index < -0.39 is 23.7 Å². The van der Waals surface area contributed by atoms with Gasteiger partial charge < -0.3 is 5.32 Å². The van der Waals surface area contributed by atoms with Gasteiger partial charge in [-0.05, 0) is 30.9 Å². The average molecular weight is 406 g/mol. The zero-order valence-electron chi connectivity index (χ0n) is 16.2. The molecule has 3 rings (SSSR count). The van der Waals surface area contributed by atoms with Crippen molar-refractivity contribution in [3.8, 4) is 0 Å². The Kier molecular flexibility index (Phi) is 7.16. The number of carbonyl (C=O) groups excluding carboxylic acids is 3. The smallest absolute Gasteiger partial charge is 0.248 e. The van der Waals surface area contributed by atoms with E-state index in [0.29, 0.717) is 30.4 Å². The number of halogens is 1. The van der Waals surface area contributed by atoms with Gasteiger partial charge in [0.15, 0.2) is 0 Å². The van der Waals surface area contributed by atoms with Crippen LogP contribution < -0.4 is 10.7 Å². The van der Waals surface area contributed by atoms with Crippen LogP contribution in [0.2, 0.25) is 0 Å². The molecule has 8 nitrogen and oxygen atoms in total. The van der Waals surface area contributed by atoms with Gasteiger partial charge in [0.25, 0.3) is 0 Å². The molecule has 158 valence electrons. The van der Waals surface area contributed by atoms with E-state index >= 15 is 0 Å². The van der Waals surface area contributed by atoms with Gasteiger partial charge in [0, 0.05) is 6.54 Å². The van der Waals surface area contributed by atoms with Crippen molar-refractivity contribution >= 4 is 23.9 Å². The van der Waals surface area contributed by atoms with Crippen LogP contribution in [0.1, 0.15) is 38.5 Å². The molecule has 2 aliphatic rings. The second-order valence-electron chi connectivity index (χ2n) is 7.70. The van der Waals surface area contributed by atoms with Crippen molar-refractivity contribution in [2.24, 2.45) is 11.8 Å². The van der Waals surface area contributed by atoms with Gasteiger partial charge in [-0.1, -0.05) is 37.8 Å². The highest BCUT2D eigenvalue weighted by atomic mass is 19.1. The minimum absolute atomic E-state index is 0.0572. The maximum absolute atomic E-state index is 13.9. The Bertz CT molecular complexity index is 741. The van der Waals surface area contributed by atoms with Crippen LogP contribution in [-0.2, 0) is 14.4 Å². The van der Waals surface area contributed by atoms with E-state index in [1.807, 2.05) is 0 Å². The monoisotopic (exact) mass is 406 g/mol. The van der Waals surface area contributed by atoms with Crippen molar-refractivity contribution < 1.29 is 24.0 Å². The van der Waals surface area contributed by atoms with Crippen LogP contribution in [0.25, 0.3) is 0 Å². The third-order valence-corrected chi connectivity index (χ3v) is 5.65. The van der Waals surface area contributed by atoms with Gasteiger partial charge in [0.2, 0.25) is 18.2 Å². The molecular formula is C20H27FN4O4. The van der Waals surface area contributed by atoms with Gasteiger partial charge in [-0.3, -0.25) is 24.6 Å². The van der Waals surface area contributed by atoms with E-state index in [1.54, 1.807) is 6.07 Å². The molecule has 0 unspecified atom stereocenters. The fraction of sp³-hybridized carbons (Fsp3) is 0.550. The second-order valence-corrected chi connectivity index (χ2v) is 7.70. The summed E-state index contributed by atoms with van der Waals surface area (Å²) in [5.74, 6) is -1.64. The number of hydrogen-bond donors (Lipinski definition) is 3. The molecule has 0 bridgehead atoms. The first kappa shape index (κ1) is 21.2. The fourth-order valence-corrected chi connectivity index (χ4v) is 4.19. The van der Waals surface area contributed by atoms with Crippen molar-refractivity contribution in [3.05, 3.63) is 30.1 Å². The Morgan fingerprint density at radius 2 is 2.03 bits per heavy atom. The summed E-state index contributed by atoms with van der Waals surface area (Å²) in [5, 5.41) is 13.9. The Morgan fingerprint density at radius 1 is 1.31 bits per heavy atom. The quantitative estimate of drug-likeness (QED) is 0.348. The minimum atomic E-state index is -0.795. The lowest BCUT2D eigenvalue weighted by atomic mass is 9.92. The Morgan fingerprint density at radius 3 is 2.72 bits per heavy atom. The van der Waals surface area contributed by atoms with Crippen LogP contribution in [0.3, 0.4) is 0 Å². The van der Waals surface area contributed by atoms with Gasteiger partial charge in [-0.15, -0.1) is 0 Å². The number of para-hydroxylation sites is 1. The summed E-state index contributed by atoms with van der Waals surface area (Å²) in [7, 11) is 0. The number of hydroxylamine groups is 2. The molecule has 0 aromatic heterocycles. The Hall–Kier alpha value is -2.52. The number of amides is 3. The second kappa shape index (κ2) is 9.80. The largest absolute Gasteiger partial charge is 0.322 e. The molecule has 1 saturated carbocycles. The summed E-state index contributed by atoms with van der Waals surface area (Å²) >= 11 is 0. The average Bonchev–Trinajstić information content (AvgIpc) is 3.40. The molecule has 1 saturated heterocycles. The standard InChI is InChI=1S/C20H27FN4O4/c21-16-7-3-4-8-17(16)23-19(27)18-9-10-22-25(18)20(28)15(12-24(29)13-26)11-14-5-1-2-6-14/h3-4,7-8,13-15,18,22,29H,1-2,5-6,9-12H2,(H,23,27)/t15-,18+/m1/s1. The lowest BCUT2D eigenvalue weighted by Crippen LogP contribution is -2.51. The van der Waals surface area contributed by atoms with E-state index in [2.05, 4.69) is 10.7 Å². The summed E-state index contributed by atoms with van der Waals surface area (Å²) in [6.07, 6.45) is 5.45. The van der Waals surface area contributed by atoms with E-state index in [9.17, 15) is 24.0 Å². The number of benzene rings is 1. The highest BCUT2D eigenvalue weighted by Gasteiger charge is 2.39. The van der Waals surface area contributed by atoms with Crippen LogP contribution in [-0.4, -0.2) is 52.6 Å². The van der Waals surface area contributed by atoms with E-state index in [1.165, 1.54) is 23.2 Å². The summed E-state index contributed by atoms with van der Waals surface area (Å²) in [6.45, 7) is 0.298. The first-order valence-corrected chi connectivity index (χ1v) is 10.0. The van der Waals surface area contributed by atoms with Crippen LogP contribution in [0, 0.1) is 17.7 Å². The SMILES string of the molecule is O=CN(O)C[C@@H](CC1CCCC1)C(=O)N1NCC[C@H]1C(=O)Nc1ccccc1F. The van der Waals surface area contributed by atoms with Gasteiger partial charge in [0.05, 0.1) is 18.2 Å². The van der Waals surface area contributed by atoms with Crippen LogP contribution in [0.15, 0.2) is 24.3 Å². The number of nitrogens with zero attached hydrogens (tertiary/aromatic N) is 2. The van der Waals surface area contributed by atoms with Crippen molar-refractivity contribution in [2.75, 3.05) is 18.4 Å². The molecule has 1 aromatic rings. The molecule has 3 N–H and O–H groups in total. The van der Waals surface area contributed by atoms with Crippen molar-refractivity contribution in [2.45, 2.75) is 44.6 Å².